The van der Waals surface area contributed by atoms with Crippen molar-refractivity contribution < 1.29 is 14.3 Å². The Balaban J connectivity index is 1.77. The molecule has 3 rings (SSSR count). The van der Waals surface area contributed by atoms with E-state index in [4.69, 9.17) is 9.47 Å². The second-order valence-corrected chi connectivity index (χ2v) is 6.85. The molecule has 1 amide bonds. The fourth-order valence-electron chi connectivity index (χ4n) is 2.96. The highest BCUT2D eigenvalue weighted by Gasteiger charge is 2.21. The molecule has 0 saturated carbocycles. The summed E-state index contributed by atoms with van der Waals surface area (Å²) in [5.41, 5.74) is 2.25. The van der Waals surface area contributed by atoms with E-state index in [1.807, 2.05) is 31.2 Å². The van der Waals surface area contributed by atoms with Crippen LogP contribution in [0.25, 0.3) is 0 Å². The van der Waals surface area contributed by atoms with Crippen LogP contribution in [-0.2, 0) is 12.8 Å². The third-order valence-electron chi connectivity index (χ3n) is 4.22. The fourth-order valence-corrected chi connectivity index (χ4v) is 4.12. The first kappa shape index (κ1) is 15.9. The van der Waals surface area contributed by atoms with Crippen molar-refractivity contribution in [2.45, 2.75) is 32.2 Å². The predicted molar refractivity (Wildman–Crippen MR) is 91.8 cm³/mol. The molecule has 122 valence electrons. The van der Waals surface area contributed by atoms with Gasteiger partial charge in [0.25, 0.3) is 5.91 Å². The van der Waals surface area contributed by atoms with Crippen LogP contribution in [0.1, 0.15) is 45.1 Å². The van der Waals surface area contributed by atoms with Gasteiger partial charge in [0.1, 0.15) is 11.5 Å². The average Bonchev–Trinajstić information content (AvgIpc) is 3.15. The van der Waals surface area contributed by atoms with Crippen LogP contribution in [0.5, 0.6) is 11.5 Å². The van der Waals surface area contributed by atoms with Crippen LogP contribution in [0.15, 0.2) is 24.3 Å². The minimum absolute atomic E-state index is 0.0261. The van der Waals surface area contributed by atoms with E-state index in [-0.39, 0.29) is 11.9 Å². The Kier molecular flexibility index (Phi) is 4.57. The normalized spacial score (nSPS) is 14.2. The maximum Gasteiger partial charge on any atom is 0.261 e. The maximum atomic E-state index is 12.5. The number of hydrogen-bond acceptors (Lipinski definition) is 4. The van der Waals surface area contributed by atoms with Gasteiger partial charge in [0.15, 0.2) is 0 Å². The van der Waals surface area contributed by atoms with E-state index in [2.05, 4.69) is 5.32 Å². The Morgan fingerprint density at radius 3 is 2.74 bits per heavy atom. The molecule has 0 aliphatic heterocycles. The lowest BCUT2D eigenvalue weighted by Gasteiger charge is -2.18. The number of nitrogens with one attached hydrogen (secondary N) is 1. The molecule has 5 heteroatoms. The molecule has 1 aliphatic rings. The van der Waals surface area contributed by atoms with Crippen LogP contribution in [0.3, 0.4) is 0 Å². The highest BCUT2D eigenvalue weighted by Crippen LogP contribution is 2.32. The topological polar surface area (TPSA) is 47.6 Å². The molecular weight excluding hydrogens is 310 g/mol. The van der Waals surface area contributed by atoms with Crippen LogP contribution in [0.4, 0.5) is 0 Å². The average molecular weight is 331 g/mol. The number of ether oxygens (including phenoxy) is 2. The van der Waals surface area contributed by atoms with Gasteiger partial charge in [0, 0.05) is 10.4 Å². The molecule has 1 aromatic heterocycles. The number of rotatable bonds is 5. The highest BCUT2D eigenvalue weighted by molar-refractivity contribution is 7.14. The zero-order valence-corrected chi connectivity index (χ0v) is 14.5. The Labute approximate surface area is 140 Å². The summed E-state index contributed by atoms with van der Waals surface area (Å²) < 4.78 is 10.7. The molecular formula is C18H21NO3S. The molecule has 1 heterocycles. The lowest BCUT2D eigenvalue weighted by atomic mass is 10.1. The van der Waals surface area contributed by atoms with E-state index >= 15 is 0 Å². The fraction of sp³-hybridized carbons (Fsp3) is 0.389. The predicted octanol–water partition coefficient (Wildman–Crippen LogP) is 3.75. The number of hydrogen-bond donors (Lipinski definition) is 1. The van der Waals surface area contributed by atoms with Crippen molar-refractivity contribution in [1.29, 1.82) is 0 Å². The van der Waals surface area contributed by atoms with Crippen LogP contribution in [0.2, 0.25) is 0 Å². The van der Waals surface area contributed by atoms with Gasteiger partial charge in [-0.05, 0) is 56.0 Å². The molecule has 0 bridgehead atoms. The number of carbonyl (C=O) groups is 1. The molecule has 0 spiro atoms. The van der Waals surface area contributed by atoms with E-state index < -0.39 is 0 Å². The van der Waals surface area contributed by atoms with Gasteiger partial charge in [-0.15, -0.1) is 11.3 Å². The van der Waals surface area contributed by atoms with Gasteiger partial charge >= 0.3 is 0 Å². The first-order chi connectivity index (χ1) is 11.1. The Morgan fingerprint density at radius 1 is 1.22 bits per heavy atom. The number of carbonyl (C=O) groups excluding carboxylic acids is 1. The third kappa shape index (κ3) is 3.20. The number of methoxy groups -OCH3 is 2. The zero-order chi connectivity index (χ0) is 16.4. The van der Waals surface area contributed by atoms with E-state index in [1.54, 1.807) is 25.6 Å². The van der Waals surface area contributed by atoms with Crippen molar-refractivity contribution in [3.8, 4) is 11.5 Å². The molecule has 1 N–H and O–H groups in total. The molecule has 1 aromatic carbocycles. The summed E-state index contributed by atoms with van der Waals surface area (Å²) in [6, 6.07) is 7.48. The second-order valence-electron chi connectivity index (χ2n) is 5.72. The maximum absolute atomic E-state index is 12.5. The van der Waals surface area contributed by atoms with Crippen molar-refractivity contribution >= 4 is 17.2 Å². The number of thiophene rings is 1. The van der Waals surface area contributed by atoms with Gasteiger partial charge in [0.05, 0.1) is 25.1 Å². The summed E-state index contributed by atoms with van der Waals surface area (Å²) in [6.07, 6.45) is 3.41. The Hall–Kier alpha value is -2.01. The largest absolute Gasteiger partial charge is 0.497 e. The van der Waals surface area contributed by atoms with Crippen molar-refractivity contribution in [2.24, 2.45) is 0 Å². The van der Waals surface area contributed by atoms with Crippen LogP contribution < -0.4 is 14.8 Å². The van der Waals surface area contributed by atoms with E-state index in [9.17, 15) is 4.79 Å². The van der Waals surface area contributed by atoms with Gasteiger partial charge in [-0.3, -0.25) is 4.79 Å². The number of fused-ring (bicyclic) bond motifs is 1. The van der Waals surface area contributed by atoms with E-state index in [1.165, 1.54) is 16.9 Å². The third-order valence-corrected chi connectivity index (χ3v) is 5.46. The number of amides is 1. The molecule has 1 aliphatic carbocycles. The smallest absolute Gasteiger partial charge is 0.261 e. The minimum Gasteiger partial charge on any atom is -0.497 e. The number of aryl methyl sites for hydroxylation is 2. The molecule has 1 atom stereocenters. The first-order valence-electron chi connectivity index (χ1n) is 7.76. The van der Waals surface area contributed by atoms with Crippen molar-refractivity contribution in [2.75, 3.05) is 14.2 Å². The summed E-state index contributed by atoms with van der Waals surface area (Å²) in [5, 5.41) is 3.06. The Morgan fingerprint density at radius 2 is 2.04 bits per heavy atom. The van der Waals surface area contributed by atoms with E-state index in [0.29, 0.717) is 0 Å². The van der Waals surface area contributed by atoms with E-state index in [0.717, 1.165) is 34.8 Å². The van der Waals surface area contributed by atoms with Crippen molar-refractivity contribution in [3.63, 3.8) is 0 Å². The minimum atomic E-state index is -0.163. The quantitative estimate of drug-likeness (QED) is 0.908. The van der Waals surface area contributed by atoms with Gasteiger partial charge in [-0.25, -0.2) is 0 Å². The Bertz CT molecular complexity index is 702. The summed E-state index contributed by atoms with van der Waals surface area (Å²) >= 11 is 1.62. The second kappa shape index (κ2) is 6.62. The molecule has 0 unspecified atom stereocenters. The summed E-state index contributed by atoms with van der Waals surface area (Å²) in [6.45, 7) is 1.95. The summed E-state index contributed by atoms with van der Waals surface area (Å²) in [5.74, 6) is 1.46. The molecule has 4 nitrogen and oxygen atoms in total. The molecule has 0 radical (unpaired) electrons. The molecule has 0 fully saturated rings. The molecule has 0 saturated heterocycles. The first-order valence-corrected chi connectivity index (χ1v) is 8.58. The zero-order valence-electron chi connectivity index (χ0n) is 13.6. The SMILES string of the molecule is COc1ccc(OC)c([C@@H](C)NC(=O)c2cc3c(s2)CCC3)c1. The summed E-state index contributed by atoms with van der Waals surface area (Å²) in [4.78, 5) is 14.7. The van der Waals surface area contributed by atoms with Crippen LogP contribution >= 0.6 is 11.3 Å². The van der Waals surface area contributed by atoms with Gasteiger partial charge in [0.2, 0.25) is 0 Å². The summed E-state index contributed by atoms with van der Waals surface area (Å²) in [7, 11) is 3.26. The standard InChI is InChI=1S/C18H21NO3S/c1-11(14-10-13(21-2)7-8-15(14)22-3)19-18(20)17-9-12-5-4-6-16(12)23-17/h7-11H,4-6H2,1-3H3,(H,19,20)/t11-/m1/s1. The van der Waals surface area contributed by atoms with Crippen LogP contribution in [-0.4, -0.2) is 20.1 Å². The molecule has 2 aromatic rings. The van der Waals surface area contributed by atoms with Crippen LogP contribution in [0, 0.1) is 0 Å². The van der Waals surface area contributed by atoms with Crippen molar-refractivity contribution in [3.05, 3.63) is 45.1 Å². The van der Waals surface area contributed by atoms with Crippen molar-refractivity contribution in [1.82, 2.24) is 5.32 Å². The molecule has 23 heavy (non-hydrogen) atoms. The lowest BCUT2D eigenvalue weighted by Crippen LogP contribution is -2.26. The van der Waals surface area contributed by atoms with Gasteiger partial charge in [-0.1, -0.05) is 0 Å². The van der Waals surface area contributed by atoms with Gasteiger partial charge < -0.3 is 14.8 Å². The van der Waals surface area contributed by atoms with Gasteiger partial charge in [-0.2, -0.15) is 0 Å². The monoisotopic (exact) mass is 331 g/mol. The highest BCUT2D eigenvalue weighted by atomic mass is 32.1. The lowest BCUT2D eigenvalue weighted by molar-refractivity contribution is 0.0943. The number of benzene rings is 1.